The van der Waals surface area contributed by atoms with Crippen molar-refractivity contribution < 1.29 is 13.2 Å². The molecule has 7 heteroatoms. The maximum absolute atomic E-state index is 12.5. The Hall–Kier alpha value is -2.02. The molecule has 3 rings (SSSR count). The second kappa shape index (κ2) is 8.12. The van der Waals surface area contributed by atoms with E-state index in [1.54, 1.807) is 12.1 Å². The third-order valence-corrected chi connectivity index (χ3v) is 5.48. The van der Waals surface area contributed by atoms with Crippen LogP contribution in [0.3, 0.4) is 0 Å². The van der Waals surface area contributed by atoms with Gasteiger partial charge >= 0.3 is 0 Å². The summed E-state index contributed by atoms with van der Waals surface area (Å²) in [6.07, 6.45) is 11.2. The lowest BCUT2D eigenvalue weighted by molar-refractivity contribution is -0.122. The van der Waals surface area contributed by atoms with Crippen LogP contribution in [0.15, 0.2) is 30.5 Å². The molecule has 1 aromatic heterocycles. The zero-order valence-electron chi connectivity index (χ0n) is 15.2. The van der Waals surface area contributed by atoms with Crippen LogP contribution in [-0.2, 0) is 21.4 Å². The van der Waals surface area contributed by atoms with Gasteiger partial charge < -0.3 is 9.88 Å². The molecule has 0 aliphatic heterocycles. The first kappa shape index (κ1) is 18.8. The summed E-state index contributed by atoms with van der Waals surface area (Å²) < 4.78 is 27.4. The van der Waals surface area contributed by atoms with Crippen molar-refractivity contribution in [2.45, 2.75) is 57.5 Å². The highest BCUT2D eigenvalue weighted by atomic mass is 32.2. The summed E-state index contributed by atoms with van der Waals surface area (Å²) in [6.45, 7) is 0.238. The molecule has 0 atom stereocenters. The van der Waals surface area contributed by atoms with Crippen LogP contribution in [0.5, 0.6) is 0 Å². The van der Waals surface area contributed by atoms with Crippen LogP contribution in [0.2, 0.25) is 0 Å². The molecule has 0 saturated heterocycles. The summed E-state index contributed by atoms with van der Waals surface area (Å²) in [5, 5.41) is 3.96. The summed E-state index contributed by atoms with van der Waals surface area (Å²) in [4.78, 5) is 12.5. The van der Waals surface area contributed by atoms with Crippen molar-refractivity contribution >= 4 is 32.5 Å². The molecule has 2 aromatic rings. The van der Waals surface area contributed by atoms with Crippen LogP contribution in [0.1, 0.15) is 44.9 Å². The van der Waals surface area contributed by atoms with E-state index in [0.717, 1.165) is 30.0 Å². The van der Waals surface area contributed by atoms with Crippen molar-refractivity contribution in [3.05, 3.63) is 30.5 Å². The van der Waals surface area contributed by atoms with E-state index >= 15 is 0 Å². The maximum Gasteiger partial charge on any atom is 0.240 e. The number of anilines is 1. The van der Waals surface area contributed by atoms with E-state index in [1.165, 1.54) is 32.1 Å². The molecule has 26 heavy (non-hydrogen) atoms. The van der Waals surface area contributed by atoms with Gasteiger partial charge in [-0.05, 0) is 31.0 Å². The largest absolute Gasteiger partial charge is 0.352 e. The molecule has 1 amide bonds. The number of benzene rings is 1. The average Bonchev–Trinajstić information content (AvgIpc) is 2.93. The van der Waals surface area contributed by atoms with E-state index in [2.05, 4.69) is 10.0 Å². The molecule has 142 valence electrons. The first-order chi connectivity index (χ1) is 12.4. The Morgan fingerprint density at radius 2 is 1.81 bits per heavy atom. The van der Waals surface area contributed by atoms with Crippen LogP contribution >= 0.6 is 0 Å². The molecular formula is C19H27N3O3S. The smallest absolute Gasteiger partial charge is 0.240 e. The zero-order chi connectivity index (χ0) is 18.6. The first-order valence-electron chi connectivity index (χ1n) is 9.27. The summed E-state index contributed by atoms with van der Waals surface area (Å²) in [5.41, 5.74) is 1.37. The summed E-state index contributed by atoms with van der Waals surface area (Å²) >= 11 is 0. The second-order valence-electron chi connectivity index (χ2n) is 7.17. The summed E-state index contributed by atoms with van der Waals surface area (Å²) in [5.74, 6) is 0.00884. The molecule has 1 aliphatic rings. The zero-order valence-corrected chi connectivity index (χ0v) is 16.0. The number of carbonyl (C=O) groups is 1. The van der Waals surface area contributed by atoms with E-state index in [4.69, 9.17) is 0 Å². The predicted octanol–water partition coefficient (Wildman–Crippen LogP) is 3.24. The van der Waals surface area contributed by atoms with Gasteiger partial charge in [-0.3, -0.25) is 9.52 Å². The Labute approximate surface area is 155 Å². The highest BCUT2D eigenvalue weighted by Crippen LogP contribution is 2.25. The number of amides is 1. The fourth-order valence-electron chi connectivity index (χ4n) is 3.68. The van der Waals surface area contributed by atoms with Gasteiger partial charge in [-0.25, -0.2) is 8.42 Å². The van der Waals surface area contributed by atoms with Gasteiger partial charge in [0, 0.05) is 17.6 Å². The molecular weight excluding hydrogens is 350 g/mol. The molecule has 0 radical (unpaired) electrons. The molecule has 1 aromatic carbocycles. The highest BCUT2D eigenvalue weighted by Gasteiger charge is 2.15. The quantitative estimate of drug-likeness (QED) is 0.839. The number of carbonyl (C=O) groups excluding carboxylic acids is 1. The topological polar surface area (TPSA) is 80.2 Å². The molecule has 1 saturated carbocycles. The average molecular weight is 378 g/mol. The molecule has 0 spiro atoms. The van der Waals surface area contributed by atoms with Gasteiger partial charge in [0.05, 0.1) is 17.5 Å². The van der Waals surface area contributed by atoms with Gasteiger partial charge in [0.2, 0.25) is 15.9 Å². The molecule has 1 heterocycles. The molecule has 0 unspecified atom stereocenters. The van der Waals surface area contributed by atoms with Gasteiger partial charge in [-0.15, -0.1) is 0 Å². The standard InChI is InChI=1S/C19H27N3O3S/c1-26(24,25)21-17-10-7-11-18-16(17)12-13-22(18)14-19(23)20-15-8-5-3-2-4-6-9-15/h7,10-13,15,21H,2-6,8-9,14H2,1H3,(H,20,23). The van der Waals surface area contributed by atoms with Crippen molar-refractivity contribution in [1.82, 2.24) is 9.88 Å². The van der Waals surface area contributed by atoms with E-state index in [1.807, 2.05) is 22.9 Å². The Kier molecular flexibility index (Phi) is 5.86. The molecule has 0 bridgehead atoms. The van der Waals surface area contributed by atoms with Crippen molar-refractivity contribution in [2.75, 3.05) is 11.0 Å². The second-order valence-corrected chi connectivity index (χ2v) is 8.91. The molecule has 6 nitrogen and oxygen atoms in total. The van der Waals surface area contributed by atoms with E-state index in [0.29, 0.717) is 5.69 Å². The third kappa shape index (κ3) is 5.00. The minimum atomic E-state index is -3.35. The van der Waals surface area contributed by atoms with Crippen LogP contribution in [0, 0.1) is 0 Å². The van der Waals surface area contributed by atoms with Gasteiger partial charge in [0.15, 0.2) is 0 Å². The number of fused-ring (bicyclic) bond motifs is 1. The number of nitrogens with zero attached hydrogens (tertiary/aromatic N) is 1. The fourth-order valence-corrected chi connectivity index (χ4v) is 4.26. The Morgan fingerprint density at radius 1 is 1.12 bits per heavy atom. The minimum Gasteiger partial charge on any atom is -0.352 e. The maximum atomic E-state index is 12.5. The first-order valence-corrected chi connectivity index (χ1v) is 11.2. The van der Waals surface area contributed by atoms with Gasteiger partial charge in [-0.1, -0.05) is 38.2 Å². The lowest BCUT2D eigenvalue weighted by Crippen LogP contribution is -2.37. The normalized spacial score (nSPS) is 16.8. The minimum absolute atomic E-state index is 0.00884. The lowest BCUT2D eigenvalue weighted by atomic mass is 9.97. The third-order valence-electron chi connectivity index (χ3n) is 4.89. The van der Waals surface area contributed by atoms with E-state index < -0.39 is 10.0 Å². The summed E-state index contributed by atoms with van der Waals surface area (Å²) in [6, 6.07) is 7.52. The number of hydrogen-bond acceptors (Lipinski definition) is 3. The Bertz CT molecular complexity index is 865. The Morgan fingerprint density at radius 3 is 2.50 bits per heavy atom. The SMILES string of the molecule is CS(=O)(=O)Nc1cccc2c1ccn2CC(=O)NC1CCCCCCC1. The molecule has 1 fully saturated rings. The van der Waals surface area contributed by atoms with Crippen molar-refractivity contribution in [3.8, 4) is 0 Å². The van der Waals surface area contributed by atoms with E-state index in [9.17, 15) is 13.2 Å². The molecule has 2 N–H and O–H groups in total. The molecule has 1 aliphatic carbocycles. The van der Waals surface area contributed by atoms with Crippen LogP contribution in [-0.4, -0.2) is 31.2 Å². The number of aromatic nitrogens is 1. The highest BCUT2D eigenvalue weighted by molar-refractivity contribution is 7.92. The number of nitrogens with one attached hydrogen (secondary N) is 2. The van der Waals surface area contributed by atoms with Gasteiger partial charge in [0.25, 0.3) is 0 Å². The number of sulfonamides is 1. The number of rotatable bonds is 5. The fraction of sp³-hybridized carbons (Fsp3) is 0.526. The van der Waals surface area contributed by atoms with Crippen LogP contribution in [0.25, 0.3) is 10.9 Å². The Balaban J connectivity index is 1.70. The van der Waals surface area contributed by atoms with E-state index in [-0.39, 0.29) is 18.5 Å². The van der Waals surface area contributed by atoms with Gasteiger partial charge in [-0.2, -0.15) is 0 Å². The number of hydrogen-bond donors (Lipinski definition) is 2. The summed E-state index contributed by atoms with van der Waals surface area (Å²) in [7, 11) is -3.35. The van der Waals surface area contributed by atoms with Gasteiger partial charge in [0.1, 0.15) is 6.54 Å². The van der Waals surface area contributed by atoms with Crippen LogP contribution < -0.4 is 10.0 Å². The van der Waals surface area contributed by atoms with Crippen molar-refractivity contribution in [2.24, 2.45) is 0 Å². The monoisotopic (exact) mass is 377 g/mol. The predicted molar refractivity (Wildman–Crippen MR) is 105 cm³/mol. The lowest BCUT2D eigenvalue weighted by Gasteiger charge is -2.21. The van der Waals surface area contributed by atoms with Crippen molar-refractivity contribution in [1.29, 1.82) is 0 Å². The van der Waals surface area contributed by atoms with Crippen LogP contribution in [0.4, 0.5) is 5.69 Å². The van der Waals surface area contributed by atoms with Crippen molar-refractivity contribution in [3.63, 3.8) is 0 Å².